The van der Waals surface area contributed by atoms with Gasteiger partial charge in [0.25, 0.3) is 0 Å². The van der Waals surface area contributed by atoms with Gasteiger partial charge in [0, 0.05) is 16.5 Å². The molecule has 0 aromatic heterocycles. The smallest absolute Gasteiger partial charge is 0.225 e. The molecule has 0 amide bonds. The van der Waals surface area contributed by atoms with Crippen molar-refractivity contribution in [3.63, 3.8) is 0 Å². The molecule has 106 valence electrons. The fourth-order valence-electron chi connectivity index (χ4n) is 2.04. The lowest BCUT2D eigenvalue weighted by atomic mass is 9.99. The van der Waals surface area contributed by atoms with E-state index in [2.05, 4.69) is 0 Å². The molecular formula is C14H13Cl2NO2S. The first-order chi connectivity index (χ1) is 9.32. The van der Waals surface area contributed by atoms with Crippen molar-refractivity contribution in [1.29, 1.82) is 0 Å². The zero-order chi connectivity index (χ0) is 14.9. The van der Waals surface area contributed by atoms with Gasteiger partial charge < -0.3 is 0 Å². The third-order valence-electron chi connectivity index (χ3n) is 2.94. The van der Waals surface area contributed by atoms with Crippen LogP contribution >= 0.6 is 23.2 Å². The van der Waals surface area contributed by atoms with E-state index in [4.69, 9.17) is 28.3 Å². The molecular weight excluding hydrogens is 317 g/mol. The summed E-state index contributed by atoms with van der Waals surface area (Å²) in [5, 5.41) is 5.83. The Morgan fingerprint density at radius 1 is 1.10 bits per heavy atom. The molecule has 0 radical (unpaired) electrons. The minimum Gasteiger partial charge on any atom is -0.225 e. The Morgan fingerprint density at radius 2 is 1.80 bits per heavy atom. The Bertz CT molecular complexity index is 758. The zero-order valence-corrected chi connectivity index (χ0v) is 13.1. The summed E-state index contributed by atoms with van der Waals surface area (Å²) in [6, 6.07) is 10.2. The molecule has 0 spiro atoms. The van der Waals surface area contributed by atoms with Crippen molar-refractivity contribution in [2.75, 3.05) is 0 Å². The third-order valence-corrected chi connectivity index (χ3v) is 4.44. The van der Waals surface area contributed by atoms with E-state index < -0.39 is 10.0 Å². The van der Waals surface area contributed by atoms with Crippen molar-refractivity contribution >= 4 is 33.2 Å². The molecule has 2 aromatic rings. The Labute approximate surface area is 128 Å². The predicted octanol–water partition coefficient (Wildman–Crippen LogP) is 3.70. The van der Waals surface area contributed by atoms with E-state index >= 15 is 0 Å². The lowest BCUT2D eigenvalue weighted by Gasteiger charge is -2.13. The first-order valence-electron chi connectivity index (χ1n) is 5.81. The number of halogens is 2. The number of aryl methyl sites for hydroxylation is 1. The lowest BCUT2D eigenvalue weighted by Crippen LogP contribution is -2.13. The highest BCUT2D eigenvalue weighted by Crippen LogP contribution is 2.32. The van der Waals surface area contributed by atoms with E-state index in [0.29, 0.717) is 10.6 Å². The summed E-state index contributed by atoms with van der Waals surface area (Å²) in [6.07, 6.45) is 0. The molecule has 0 atom stereocenters. The van der Waals surface area contributed by atoms with Crippen LogP contribution in [0.5, 0.6) is 0 Å². The van der Waals surface area contributed by atoms with E-state index in [0.717, 1.165) is 16.7 Å². The molecule has 2 rings (SSSR count). The highest BCUT2D eigenvalue weighted by atomic mass is 35.5. The monoisotopic (exact) mass is 329 g/mol. The van der Waals surface area contributed by atoms with Gasteiger partial charge in [-0.3, -0.25) is 0 Å². The number of primary sulfonamides is 1. The summed E-state index contributed by atoms with van der Waals surface area (Å²) >= 11 is 11.9. The number of hydrogen-bond acceptors (Lipinski definition) is 2. The van der Waals surface area contributed by atoms with Crippen molar-refractivity contribution < 1.29 is 8.42 Å². The summed E-state index contributed by atoms with van der Waals surface area (Å²) in [7, 11) is -3.81. The predicted molar refractivity (Wildman–Crippen MR) is 82.6 cm³/mol. The molecule has 0 unspecified atom stereocenters. The largest absolute Gasteiger partial charge is 0.238 e. The molecule has 0 saturated carbocycles. The summed E-state index contributed by atoms with van der Waals surface area (Å²) in [5.74, 6) is 0.230. The second kappa shape index (κ2) is 5.74. The highest BCUT2D eigenvalue weighted by Gasteiger charge is 2.17. The van der Waals surface area contributed by atoms with Crippen LogP contribution in [0.1, 0.15) is 11.1 Å². The standard InChI is InChI=1S/C14H13Cl2NO2S/c1-9-2-5-14(20(17,18)19)13(6-9)12-4-3-11(16)7-10(12)8-15/h2-7H,8H2,1H3,(H2,17,18,19). The van der Waals surface area contributed by atoms with Gasteiger partial charge in [0.2, 0.25) is 10.0 Å². The van der Waals surface area contributed by atoms with Crippen LogP contribution < -0.4 is 5.14 Å². The van der Waals surface area contributed by atoms with Gasteiger partial charge in [0.1, 0.15) is 0 Å². The van der Waals surface area contributed by atoms with Gasteiger partial charge in [-0.1, -0.05) is 35.4 Å². The van der Waals surface area contributed by atoms with Gasteiger partial charge in [-0.15, -0.1) is 11.6 Å². The van der Waals surface area contributed by atoms with E-state index in [1.807, 2.05) is 6.92 Å². The molecule has 0 aliphatic carbocycles. The van der Waals surface area contributed by atoms with E-state index in [1.165, 1.54) is 6.07 Å². The number of alkyl halides is 1. The van der Waals surface area contributed by atoms with Gasteiger partial charge in [0.05, 0.1) is 4.90 Å². The van der Waals surface area contributed by atoms with Gasteiger partial charge in [-0.2, -0.15) is 0 Å². The van der Waals surface area contributed by atoms with Crippen LogP contribution in [0.2, 0.25) is 5.02 Å². The number of hydrogen-bond donors (Lipinski definition) is 1. The van der Waals surface area contributed by atoms with Crippen molar-refractivity contribution in [3.05, 3.63) is 52.5 Å². The molecule has 3 nitrogen and oxygen atoms in total. The third kappa shape index (κ3) is 3.15. The number of nitrogens with two attached hydrogens (primary N) is 1. The SMILES string of the molecule is Cc1ccc(S(N)(=O)=O)c(-c2ccc(Cl)cc2CCl)c1. The quantitative estimate of drug-likeness (QED) is 0.872. The number of rotatable bonds is 3. The number of benzene rings is 2. The summed E-state index contributed by atoms with van der Waals surface area (Å²) < 4.78 is 23.4. The van der Waals surface area contributed by atoms with Crippen molar-refractivity contribution in [1.82, 2.24) is 0 Å². The average molecular weight is 330 g/mol. The molecule has 2 aromatic carbocycles. The molecule has 0 heterocycles. The van der Waals surface area contributed by atoms with Gasteiger partial charge in [0.15, 0.2) is 0 Å². The molecule has 0 bridgehead atoms. The van der Waals surface area contributed by atoms with E-state index in [9.17, 15) is 8.42 Å². The Morgan fingerprint density at radius 3 is 2.40 bits per heavy atom. The average Bonchev–Trinajstić information content (AvgIpc) is 2.37. The van der Waals surface area contributed by atoms with Crippen molar-refractivity contribution in [2.45, 2.75) is 17.7 Å². The topological polar surface area (TPSA) is 60.2 Å². The van der Waals surface area contributed by atoms with E-state index in [-0.39, 0.29) is 10.8 Å². The van der Waals surface area contributed by atoms with Crippen molar-refractivity contribution in [3.8, 4) is 11.1 Å². The maximum absolute atomic E-state index is 11.7. The maximum atomic E-state index is 11.7. The Kier molecular flexibility index (Phi) is 4.39. The van der Waals surface area contributed by atoms with Crippen LogP contribution in [0.4, 0.5) is 0 Å². The molecule has 2 N–H and O–H groups in total. The van der Waals surface area contributed by atoms with Crippen LogP contribution in [0.25, 0.3) is 11.1 Å². The fraction of sp³-hybridized carbons (Fsp3) is 0.143. The highest BCUT2D eigenvalue weighted by molar-refractivity contribution is 7.89. The van der Waals surface area contributed by atoms with Crippen LogP contribution in [0, 0.1) is 6.92 Å². The van der Waals surface area contributed by atoms with Crippen molar-refractivity contribution in [2.24, 2.45) is 5.14 Å². The Balaban J connectivity index is 2.78. The molecule has 6 heteroatoms. The molecule has 20 heavy (non-hydrogen) atoms. The van der Waals surface area contributed by atoms with E-state index in [1.54, 1.807) is 30.3 Å². The molecule has 0 fully saturated rings. The molecule has 0 saturated heterocycles. The first kappa shape index (κ1) is 15.3. The fourth-order valence-corrected chi connectivity index (χ4v) is 3.19. The van der Waals surface area contributed by atoms with Gasteiger partial charge in [-0.05, 0) is 36.2 Å². The minimum atomic E-state index is -3.81. The van der Waals surface area contributed by atoms with Crippen LogP contribution in [0.3, 0.4) is 0 Å². The second-order valence-electron chi connectivity index (χ2n) is 4.48. The second-order valence-corrected chi connectivity index (χ2v) is 6.71. The summed E-state index contributed by atoms with van der Waals surface area (Å²) in [5.41, 5.74) is 2.95. The van der Waals surface area contributed by atoms with Crippen LogP contribution in [-0.2, 0) is 15.9 Å². The lowest BCUT2D eigenvalue weighted by molar-refractivity contribution is 0.598. The van der Waals surface area contributed by atoms with Gasteiger partial charge >= 0.3 is 0 Å². The Hall–Kier alpha value is -1.07. The van der Waals surface area contributed by atoms with Gasteiger partial charge in [-0.25, -0.2) is 13.6 Å². The summed E-state index contributed by atoms with van der Waals surface area (Å²) in [4.78, 5) is 0.0804. The first-order valence-corrected chi connectivity index (χ1v) is 8.27. The molecule has 0 aliphatic rings. The molecule has 0 aliphatic heterocycles. The van der Waals surface area contributed by atoms with Crippen LogP contribution in [-0.4, -0.2) is 8.42 Å². The normalized spacial score (nSPS) is 11.6. The number of sulfonamides is 1. The van der Waals surface area contributed by atoms with Crippen LogP contribution in [0.15, 0.2) is 41.3 Å². The minimum absolute atomic E-state index is 0.0804. The zero-order valence-electron chi connectivity index (χ0n) is 10.7. The maximum Gasteiger partial charge on any atom is 0.238 e. The summed E-state index contributed by atoms with van der Waals surface area (Å²) in [6.45, 7) is 1.88.